The van der Waals surface area contributed by atoms with Gasteiger partial charge in [-0.3, -0.25) is 0 Å². The molecule has 0 heterocycles. The average Bonchev–Trinajstić information content (AvgIpc) is 2.75. The molecule has 0 aromatic carbocycles. The summed E-state index contributed by atoms with van der Waals surface area (Å²) < 4.78 is 0. The van der Waals surface area contributed by atoms with Gasteiger partial charge in [0.1, 0.15) is 0 Å². The Hall–Kier alpha value is -0.0800. The van der Waals surface area contributed by atoms with E-state index >= 15 is 0 Å². The molecule has 1 N–H and O–H groups in total. The summed E-state index contributed by atoms with van der Waals surface area (Å²) in [6.45, 7) is 12.9. The van der Waals surface area contributed by atoms with Crippen molar-refractivity contribution < 1.29 is 0 Å². The Labute approximate surface area is 102 Å². The molecule has 1 saturated carbocycles. The molecule has 16 heavy (non-hydrogen) atoms. The molecular weight excluding hydrogens is 196 g/mol. The van der Waals surface area contributed by atoms with Crippen molar-refractivity contribution in [3.05, 3.63) is 0 Å². The van der Waals surface area contributed by atoms with Crippen LogP contribution < -0.4 is 5.32 Å². The second-order valence-corrected chi connectivity index (χ2v) is 5.35. The fraction of sp³-hybridized carbons (Fsp3) is 1.00. The minimum absolute atomic E-state index is 0.585. The van der Waals surface area contributed by atoms with Crippen LogP contribution in [-0.4, -0.2) is 37.6 Å². The summed E-state index contributed by atoms with van der Waals surface area (Å²) in [6.07, 6.45) is 6.99. The van der Waals surface area contributed by atoms with E-state index in [0.717, 1.165) is 0 Å². The summed E-state index contributed by atoms with van der Waals surface area (Å²) in [5, 5.41) is 3.64. The van der Waals surface area contributed by atoms with Gasteiger partial charge in [0, 0.05) is 13.1 Å². The minimum atomic E-state index is 0.585. The van der Waals surface area contributed by atoms with Crippen LogP contribution in [0.25, 0.3) is 0 Å². The molecule has 0 spiro atoms. The SMILES string of the molecule is CCCNCC1(CN(CC)CC)CCCC1. The van der Waals surface area contributed by atoms with E-state index < -0.39 is 0 Å². The smallest absolute Gasteiger partial charge is 0.00499 e. The van der Waals surface area contributed by atoms with Crippen LogP contribution in [0.5, 0.6) is 0 Å². The molecule has 1 rings (SSSR count). The van der Waals surface area contributed by atoms with Crippen LogP contribution in [0.4, 0.5) is 0 Å². The van der Waals surface area contributed by atoms with Crippen LogP contribution in [0.1, 0.15) is 52.9 Å². The highest BCUT2D eigenvalue weighted by Crippen LogP contribution is 2.38. The Morgan fingerprint density at radius 1 is 1.06 bits per heavy atom. The summed E-state index contributed by atoms with van der Waals surface area (Å²) in [4.78, 5) is 2.60. The minimum Gasteiger partial charge on any atom is -0.316 e. The summed E-state index contributed by atoms with van der Waals surface area (Å²) in [5.74, 6) is 0. The highest BCUT2D eigenvalue weighted by Gasteiger charge is 2.34. The van der Waals surface area contributed by atoms with E-state index in [0.29, 0.717) is 5.41 Å². The first-order valence-corrected chi connectivity index (χ1v) is 7.19. The third-order valence-electron chi connectivity index (χ3n) is 4.04. The maximum Gasteiger partial charge on any atom is 0.00499 e. The lowest BCUT2D eigenvalue weighted by Gasteiger charge is -2.35. The molecule has 0 aliphatic heterocycles. The van der Waals surface area contributed by atoms with Crippen LogP contribution in [-0.2, 0) is 0 Å². The molecule has 0 unspecified atom stereocenters. The Balaban J connectivity index is 2.44. The predicted molar refractivity (Wildman–Crippen MR) is 71.8 cm³/mol. The fourth-order valence-corrected chi connectivity index (χ4v) is 2.97. The summed E-state index contributed by atoms with van der Waals surface area (Å²) >= 11 is 0. The first-order valence-electron chi connectivity index (χ1n) is 7.19. The molecular formula is C14H30N2. The second-order valence-electron chi connectivity index (χ2n) is 5.35. The maximum absolute atomic E-state index is 3.64. The van der Waals surface area contributed by atoms with Gasteiger partial charge in [0.25, 0.3) is 0 Å². The highest BCUT2D eigenvalue weighted by molar-refractivity contribution is 4.89. The Morgan fingerprint density at radius 3 is 2.19 bits per heavy atom. The highest BCUT2D eigenvalue weighted by atomic mass is 15.1. The molecule has 2 nitrogen and oxygen atoms in total. The van der Waals surface area contributed by atoms with Crippen LogP contribution in [0.15, 0.2) is 0 Å². The number of nitrogens with zero attached hydrogens (tertiary/aromatic N) is 1. The van der Waals surface area contributed by atoms with Crippen molar-refractivity contribution in [3.63, 3.8) is 0 Å². The predicted octanol–water partition coefficient (Wildman–Crippen LogP) is 2.89. The van der Waals surface area contributed by atoms with E-state index in [1.165, 1.54) is 64.8 Å². The second kappa shape index (κ2) is 7.29. The zero-order valence-electron chi connectivity index (χ0n) is 11.5. The molecule has 0 amide bonds. The molecule has 0 radical (unpaired) electrons. The molecule has 1 fully saturated rings. The number of hydrogen-bond acceptors (Lipinski definition) is 2. The van der Waals surface area contributed by atoms with E-state index in [1.54, 1.807) is 0 Å². The van der Waals surface area contributed by atoms with Gasteiger partial charge >= 0.3 is 0 Å². The first kappa shape index (κ1) is 14.0. The van der Waals surface area contributed by atoms with Crippen LogP contribution in [0.3, 0.4) is 0 Å². The van der Waals surface area contributed by atoms with Gasteiger partial charge in [0.05, 0.1) is 0 Å². The van der Waals surface area contributed by atoms with Gasteiger partial charge in [-0.25, -0.2) is 0 Å². The maximum atomic E-state index is 3.64. The summed E-state index contributed by atoms with van der Waals surface area (Å²) in [7, 11) is 0. The summed E-state index contributed by atoms with van der Waals surface area (Å²) in [5.41, 5.74) is 0.585. The molecule has 0 aromatic rings. The monoisotopic (exact) mass is 226 g/mol. The molecule has 0 saturated heterocycles. The molecule has 96 valence electrons. The lowest BCUT2D eigenvalue weighted by molar-refractivity contribution is 0.159. The third-order valence-corrected chi connectivity index (χ3v) is 4.04. The van der Waals surface area contributed by atoms with Gasteiger partial charge in [0.15, 0.2) is 0 Å². The largest absolute Gasteiger partial charge is 0.316 e. The Bertz CT molecular complexity index is 170. The van der Waals surface area contributed by atoms with Crippen molar-refractivity contribution in [2.24, 2.45) is 5.41 Å². The molecule has 0 bridgehead atoms. The zero-order chi connectivity index (χ0) is 11.9. The lowest BCUT2D eigenvalue weighted by atomic mass is 9.85. The van der Waals surface area contributed by atoms with Gasteiger partial charge in [-0.15, -0.1) is 0 Å². The third kappa shape index (κ3) is 4.06. The van der Waals surface area contributed by atoms with Crippen molar-refractivity contribution in [1.82, 2.24) is 10.2 Å². The first-order chi connectivity index (χ1) is 7.76. The van der Waals surface area contributed by atoms with E-state index in [2.05, 4.69) is 31.0 Å². The number of hydrogen-bond donors (Lipinski definition) is 1. The topological polar surface area (TPSA) is 15.3 Å². The van der Waals surface area contributed by atoms with Crippen molar-refractivity contribution in [1.29, 1.82) is 0 Å². The van der Waals surface area contributed by atoms with E-state index in [4.69, 9.17) is 0 Å². The zero-order valence-corrected chi connectivity index (χ0v) is 11.5. The quantitative estimate of drug-likeness (QED) is 0.640. The van der Waals surface area contributed by atoms with Gasteiger partial charge in [0.2, 0.25) is 0 Å². The van der Waals surface area contributed by atoms with Crippen molar-refractivity contribution in [2.75, 3.05) is 32.7 Å². The van der Waals surface area contributed by atoms with Gasteiger partial charge < -0.3 is 10.2 Å². The van der Waals surface area contributed by atoms with Crippen molar-refractivity contribution >= 4 is 0 Å². The van der Waals surface area contributed by atoms with Crippen molar-refractivity contribution in [3.8, 4) is 0 Å². The van der Waals surface area contributed by atoms with Gasteiger partial charge in [-0.1, -0.05) is 33.6 Å². The van der Waals surface area contributed by atoms with Gasteiger partial charge in [-0.2, -0.15) is 0 Å². The molecule has 1 aliphatic rings. The Morgan fingerprint density at radius 2 is 1.69 bits per heavy atom. The number of nitrogens with one attached hydrogen (secondary N) is 1. The van der Waals surface area contributed by atoms with E-state index in [9.17, 15) is 0 Å². The normalized spacial score (nSPS) is 19.5. The van der Waals surface area contributed by atoms with Crippen LogP contribution >= 0.6 is 0 Å². The van der Waals surface area contributed by atoms with Crippen molar-refractivity contribution in [2.45, 2.75) is 52.9 Å². The average molecular weight is 226 g/mol. The lowest BCUT2D eigenvalue weighted by Crippen LogP contribution is -2.42. The fourth-order valence-electron chi connectivity index (χ4n) is 2.97. The van der Waals surface area contributed by atoms with Crippen LogP contribution in [0, 0.1) is 5.41 Å². The number of rotatable bonds is 8. The molecule has 2 heteroatoms. The van der Waals surface area contributed by atoms with E-state index in [1.807, 2.05) is 0 Å². The van der Waals surface area contributed by atoms with E-state index in [-0.39, 0.29) is 0 Å². The summed E-state index contributed by atoms with van der Waals surface area (Å²) in [6, 6.07) is 0. The standard InChI is InChI=1S/C14H30N2/c1-4-11-15-12-14(9-7-8-10-14)13-16(5-2)6-3/h15H,4-13H2,1-3H3. The molecule has 0 atom stereocenters. The molecule has 1 aliphatic carbocycles. The van der Waals surface area contributed by atoms with Gasteiger partial charge in [-0.05, 0) is 44.3 Å². The molecule has 0 aromatic heterocycles. The Kier molecular flexibility index (Phi) is 6.37. The van der Waals surface area contributed by atoms with Crippen LogP contribution in [0.2, 0.25) is 0 Å².